The summed E-state index contributed by atoms with van der Waals surface area (Å²) in [5.74, 6) is 1.59. The number of nitrogens with zero attached hydrogens (tertiary/aromatic N) is 1. The van der Waals surface area contributed by atoms with Crippen molar-refractivity contribution in [3.63, 3.8) is 0 Å². The van der Waals surface area contributed by atoms with Crippen LogP contribution in [0.15, 0.2) is 4.79 Å². The minimum atomic E-state index is -0.0866. The monoisotopic (exact) mass is 353 g/mol. The van der Waals surface area contributed by atoms with Gasteiger partial charge in [-0.3, -0.25) is 9.59 Å². The normalized spacial score (nSPS) is 11.1. The zero-order valence-corrected chi connectivity index (χ0v) is 15.5. The van der Waals surface area contributed by atoms with E-state index in [2.05, 4.69) is 22.2 Å². The number of thioether (sulfide) groups is 1. The van der Waals surface area contributed by atoms with Crippen LogP contribution >= 0.6 is 23.1 Å². The molecule has 2 aromatic heterocycles. The zero-order chi connectivity index (χ0) is 16.8. The molecule has 2 rings (SSSR count). The number of hydrogen-bond donors (Lipinski definition) is 2. The number of nitrogens with one attached hydrogen (secondary N) is 2. The van der Waals surface area contributed by atoms with Crippen LogP contribution in [0.2, 0.25) is 0 Å². The maximum absolute atomic E-state index is 12.2. The fourth-order valence-electron chi connectivity index (χ4n) is 2.26. The average Bonchev–Trinajstić information content (AvgIpc) is 2.79. The lowest BCUT2D eigenvalue weighted by Gasteiger charge is -2.04. The molecule has 2 aromatic rings. The van der Waals surface area contributed by atoms with Crippen LogP contribution in [-0.2, 0) is 10.5 Å². The summed E-state index contributed by atoms with van der Waals surface area (Å²) in [4.78, 5) is 33.1. The molecule has 2 N–H and O–H groups in total. The minimum absolute atomic E-state index is 0.0392. The van der Waals surface area contributed by atoms with Gasteiger partial charge in [0.1, 0.15) is 10.7 Å². The molecule has 0 aliphatic carbocycles. The van der Waals surface area contributed by atoms with Crippen molar-refractivity contribution in [2.45, 2.75) is 45.8 Å². The highest BCUT2D eigenvalue weighted by Crippen LogP contribution is 2.26. The second kappa shape index (κ2) is 8.49. The van der Waals surface area contributed by atoms with Crippen LogP contribution < -0.4 is 10.9 Å². The summed E-state index contributed by atoms with van der Waals surface area (Å²) >= 11 is 3.01. The number of H-pyrrole nitrogens is 1. The Morgan fingerprint density at radius 1 is 1.35 bits per heavy atom. The molecule has 7 heteroatoms. The van der Waals surface area contributed by atoms with E-state index in [9.17, 15) is 9.59 Å². The number of carbonyl (C=O) groups excluding carboxylic acids is 1. The molecule has 0 atom stereocenters. The Labute approximate surface area is 144 Å². The molecule has 0 unspecified atom stereocenters. The number of unbranched alkanes of at least 4 members (excludes halogenated alkanes) is 2. The van der Waals surface area contributed by atoms with Crippen LogP contribution in [0, 0.1) is 13.8 Å². The first-order chi connectivity index (χ1) is 11.0. The SMILES string of the molecule is CCCCCNC(=O)CSCc1nc2sc(C)c(C)c2c(=O)[nH]1. The first-order valence-corrected chi connectivity index (χ1v) is 9.83. The van der Waals surface area contributed by atoms with E-state index in [1.165, 1.54) is 11.8 Å². The molecular formula is C16H23N3O2S2. The van der Waals surface area contributed by atoms with Crippen LogP contribution in [-0.4, -0.2) is 28.2 Å². The van der Waals surface area contributed by atoms with Gasteiger partial charge in [0, 0.05) is 11.4 Å². The Bertz CT molecular complexity index is 737. The Morgan fingerprint density at radius 2 is 2.13 bits per heavy atom. The molecule has 0 aliphatic rings. The quantitative estimate of drug-likeness (QED) is 0.715. The molecule has 23 heavy (non-hydrogen) atoms. The van der Waals surface area contributed by atoms with E-state index < -0.39 is 0 Å². The van der Waals surface area contributed by atoms with E-state index in [-0.39, 0.29) is 11.5 Å². The van der Waals surface area contributed by atoms with E-state index in [1.54, 1.807) is 11.3 Å². The van der Waals surface area contributed by atoms with Crippen LogP contribution in [0.4, 0.5) is 0 Å². The molecule has 0 spiro atoms. The number of amides is 1. The Hall–Kier alpha value is -1.34. The summed E-state index contributed by atoms with van der Waals surface area (Å²) in [5.41, 5.74) is 0.917. The lowest BCUT2D eigenvalue weighted by atomic mass is 10.2. The molecule has 2 heterocycles. The second-order valence-electron chi connectivity index (χ2n) is 5.53. The maximum Gasteiger partial charge on any atom is 0.259 e. The van der Waals surface area contributed by atoms with Gasteiger partial charge < -0.3 is 10.3 Å². The highest BCUT2D eigenvalue weighted by atomic mass is 32.2. The van der Waals surface area contributed by atoms with E-state index in [4.69, 9.17) is 0 Å². The summed E-state index contributed by atoms with van der Waals surface area (Å²) < 4.78 is 0. The van der Waals surface area contributed by atoms with Crippen molar-refractivity contribution < 1.29 is 4.79 Å². The number of thiophene rings is 1. The molecule has 5 nitrogen and oxygen atoms in total. The third kappa shape index (κ3) is 4.81. The average molecular weight is 354 g/mol. The smallest absolute Gasteiger partial charge is 0.259 e. The van der Waals surface area contributed by atoms with Crippen molar-refractivity contribution in [2.24, 2.45) is 0 Å². The first kappa shape index (κ1) is 18.0. The molecule has 0 radical (unpaired) electrons. The summed E-state index contributed by atoms with van der Waals surface area (Å²) in [7, 11) is 0. The Morgan fingerprint density at radius 3 is 2.87 bits per heavy atom. The first-order valence-electron chi connectivity index (χ1n) is 7.86. The zero-order valence-electron chi connectivity index (χ0n) is 13.8. The van der Waals surface area contributed by atoms with Crippen LogP contribution in [0.5, 0.6) is 0 Å². The second-order valence-corrected chi connectivity index (χ2v) is 7.71. The molecule has 0 fully saturated rings. The van der Waals surface area contributed by atoms with Crippen molar-refractivity contribution in [1.82, 2.24) is 15.3 Å². The minimum Gasteiger partial charge on any atom is -0.355 e. The highest BCUT2D eigenvalue weighted by molar-refractivity contribution is 7.99. The molecule has 0 saturated heterocycles. The molecule has 126 valence electrons. The van der Waals surface area contributed by atoms with E-state index >= 15 is 0 Å². The highest BCUT2D eigenvalue weighted by Gasteiger charge is 2.12. The van der Waals surface area contributed by atoms with Crippen LogP contribution in [0.1, 0.15) is 42.5 Å². The van der Waals surface area contributed by atoms with Gasteiger partial charge in [-0.15, -0.1) is 23.1 Å². The molecule has 1 amide bonds. The van der Waals surface area contributed by atoms with Crippen molar-refractivity contribution in [3.05, 3.63) is 26.6 Å². The summed E-state index contributed by atoms with van der Waals surface area (Å²) in [6.07, 6.45) is 3.31. The predicted octanol–water partition coefficient (Wildman–Crippen LogP) is 3.14. The van der Waals surface area contributed by atoms with Gasteiger partial charge in [0.15, 0.2) is 0 Å². The molecule has 0 aliphatic heterocycles. The number of hydrogen-bond acceptors (Lipinski definition) is 5. The van der Waals surface area contributed by atoms with Gasteiger partial charge in [-0.1, -0.05) is 19.8 Å². The van der Waals surface area contributed by atoms with Gasteiger partial charge in [0.25, 0.3) is 5.56 Å². The van der Waals surface area contributed by atoms with Crippen molar-refractivity contribution in [2.75, 3.05) is 12.3 Å². The number of aromatic nitrogens is 2. The molecular weight excluding hydrogens is 330 g/mol. The molecule has 0 bridgehead atoms. The van der Waals surface area contributed by atoms with E-state index in [0.717, 1.165) is 41.1 Å². The van der Waals surface area contributed by atoms with Gasteiger partial charge in [0.2, 0.25) is 5.91 Å². The summed E-state index contributed by atoms with van der Waals surface area (Å²) in [5, 5.41) is 3.60. The number of aromatic amines is 1. The fraction of sp³-hybridized carbons (Fsp3) is 0.562. The topological polar surface area (TPSA) is 74.8 Å². The van der Waals surface area contributed by atoms with Crippen molar-refractivity contribution >= 4 is 39.2 Å². The third-order valence-corrected chi connectivity index (χ3v) is 5.71. The lowest BCUT2D eigenvalue weighted by Crippen LogP contribution is -2.26. The van der Waals surface area contributed by atoms with E-state index in [0.29, 0.717) is 22.7 Å². The lowest BCUT2D eigenvalue weighted by molar-refractivity contribution is -0.118. The third-order valence-electron chi connectivity index (χ3n) is 3.66. The van der Waals surface area contributed by atoms with Gasteiger partial charge in [0.05, 0.1) is 16.9 Å². The van der Waals surface area contributed by atoms with Gasteiger partial charge in [-0.25, -0.2) is 4.98 Å². The standard InChI is InChI=1S/C16H23N3O2S2/c1-4-5-6-7-17-13(20)9-22-8-12-18-15(21)14-10(2)11(3)23-16(14)19-12/h4-9H2,1-3H3,(H,17,20)(H,18,19,21). The summed E-state index contributed by atoms with van der Waals surface area (Å²) in [6.45, 7) is 6.82. The molecule has 0 saturated carbocycles. The number of fused-ring (bicyclic) bond motifs is 1. The van der Waals surface area contributed by atoms with E-state index in [1.807, 2.05) is 13.8 Å². The predicted molar refractivity (Wildman–Crippen MR) is 98.4 cm³/mol. The number of carbonyl (C=O) groups is 1. The fourth-order valence-corrected chi connectivity index (χ4v) is 4.03. The van der Waals surface area contributed by atoms with Gasteiger partial charge >= 0.3 is 0 Å². The van der Waals surface area contributed by atoms with Crippen molar-refractivity contribution in [1.29, 1.82) is 0 Å². The largest absolute Gasteiger partial charge is 0.355 e. The number of rotatable bonds is 8. The Balaban J connectivity index is 1.88. The van der Waals surface area contributed by atoms with Gasteiger partial charge in [-0.2, -0.15) is 0 Å². The van der Waals surface area contributed by atoms with Crippen molar-refractivity contribution in [3.8, 4) is 0 Å². The summed E-state index contributed by atoms with van der Waals surface area (Å²) in [6, 6.07) is 0. The van der Waals surface area contributed by atoms with Crippen LogP contribution in [0.3, 0.4) is 0 Å². The number of aryl methyl sites for hydroxylation is 2. The Kier molecular flexibility index (Phi) is 6.65. The molecule has 0 aromatic carbocycles. The van der Waals surface area contributed by atoms with Gasteiger partial charge in [-0.05, 0) is 25.8 Å². The maximum atomic E-state index is 12.2. The van der Waals surface area contributed by atoms with Crippen LogP contribution in [0.25, 0.3) is 10.2 Å².